The van der Waals surface area contributed by atoms with Gasteiger partial charge in [-0.05, 0) is 42.7 Å². The zero-order valence-electron chi connectivity index (χ0n) is 17.3. The smallest absolute Gasteiger partial charge is 0.490 e. The number of alkyl halides is 3. The van der Waals surface area contributed by atoms with Gasteiger partial charge < -0.3 is 25.4 Å². The van der Waals surface area contributed by atoms with Crippen molar-refractivity contribution in [2.24, 2.45) is 5.92 Å². The number of carbonyl (C=O) groups excluding carboxylic acids is 1. The van der Waals surface area contributed by atoms with Gasteiger partial charge in [0.2, 0.25) is 11.8 Å². The minimum atomic E-state index is -5.08. The Morgan fingerprint density at radius 3 is 2.42 bits per heavy atom. The molecule has 3 aromatic rings. The molecule has 11 heteroatoms. The van der Waals surface area contributed by atoms with Crippen molar-refractivity contribution in [3.8, 4) is 16.9 Å². The van der Waals surface area contributed by atoms with Crippen molar-refractivity contribution >= 4 is 23.4 Å². The van der Waals surface area contributed by atoms with E-state index in [1.54, 1.807) is 6.20 Å². The minimum Gasteiger partial charge on any atom is -0.492 e. The first-order valence-electron chi connectivity index (χ1n) is 9.68. The Bertz CT molecular complexity index is 1140. The zero-order valence-corrected chi connectivity index (χ0v) is 17.3. The van der Waals surface area contributed by atoms with Crippen LogP contribution in [0.3, 0.4) is 0 Å². The number of benzene rings is 2. The quantitative estimate of drug-likeness (QED) is 0.535. The van der Waals surface area contributed by atoms with Gasteiger partial charge in [0.05, 0.1) is 17.7 Å². The lowest BCUT2D eigenvalue weighted by Crippen LogP contribution is -2.32. The Labute approximate surface area is 186 Å². The molecule has 0 bridgehead atoms. The Hall–Kier alpha value is -4.02. The molecule has 1 aliphatic rings. The van der Waals surface area contributed by atoms with Crippen molar-refractivity contribution in [1.82, 2.24) is 5.16 Å². The van der Waals surface area contributed by atoms with E-state index in [2.05, 4.69) is 16.5 Å². The van der Waals surface area contributed by atoms with E-state index in [0.29, 0.717) is 13.0 Å². The number of amides is 1. The standard InChI is InChI=1S/C20H19N3O3.C2HF3O2/c1-12-2-7-18-14(8-12)9-15(11-25-18)20(24)23-16-5-3-13(4-6-16)17-10-22-26-19(17)21;3-2(4,5)1(6)7/h2-8,10,15H,9,11,21H2,1H3,(H,23,24);(H,6,7). The molecule has 0 radical (unpaired) electrons. The molecule has 0 spiro atoms. The van der Waals surface area contributed by atoms with Crippen LogP contribution >= 0.6 is 0 Å². The van der Waals surface area contributed by atoms with Gasteiger partial charge in [0, 0.05) is 5.69 Å². The molecule has 8 nitrogen and oxygen atoms in total. The highest BCUT2D eigenvalue weighted by atomic mass is 19.4. The molecule has 1 unspecified atom stereocenters. The predicted octanol–water partition coefficient (Wildman–Crippen LogP) is 4.06. The molecule has 0 fully saturated rings. The lowest BCUT2D eigenvalue weighted by molar-refractivity contribution is -0.192. The number of nitrogens with zero attached hydrogens (tertiary/aromatic N) is 1. The van der Waals surface area contributed by atoms with Crippen LogP contribution in [0.2, 0.25) is 0 Å². The molecule has 1 aliphatic heterocycles. The number of nitrogens with one attached hydrogen (secondary N) is 1. The monoisotopic (exact) mass is 463 g/mol. The van der Waals surface area contributed by atoms with Crippen molar-refractivity contribution in [3.63, 3.8) is 0 Å². The number of hydrogen-bond donors (Lipinski definition) is 3. The van der Waals surface area contributed by atoms with Gasteiger partial charge in [-0.2, -0.15) is 13.2 Å². The highest BCUT2D eigenvalue weighted by Crippen LogP contribution is 2.30. The molecule has 4 rings (SSSR count). The third-order valence-electron chi connectivity index (χ3n) is 4.80. The number of carboxylic acid groups (broad SMARTS) is 1. The maximum atomic E-state index is 12.6. The fourth-order valence-corrected chi connectivity index (χ4v) is 3.13. The van der Waals surface area contributed by atoms with Gasteiger partial charge in [0.1, 0.15) is 12.4 Å². The Morgan fingerprint density at radius 2 is 1.85 bits per heavy atom. The number of nitrogen functional groups attached to an aromatic ring is 1. The van der Waals surface area contributed by atoms with Crippen molar-refractivity contribution in [1.29, 1.82) is 0 Å². The maximum absolute atomic E-state index is 12.6. The topological polar surface area (TPSA) is 128 Å². The molecule has 1 amide bonds. The zero-order chi connectivity index (χ0) is 24.2. The summed E-state index contributed by atoms with van der Waals surface area (Å²) in [5.74, 6) is -1.87. The number of hydrogen-bond acceptors (Lipinski definition) is 6. The van der Waals surface area contributed by atoms with Gasteiger partial charge in [-0.1, -0.05) is 35.0 Å². The number of carbonyl (C=O) groups is 2. The normalized spacial score (nSPS) is 14.8. The second-order valence-electron chi connectivity index (χ2n) is 7.30. The van der Waals surface area contributed by atoms with Crippen LogP contribution in [0.5, 0.6) is 5.75 Å². The SMILES string of the molecule is Cc1ccc2c(c1)CC(C(=O)Nc1ccc(-c3cnoc3N)cc1)CO2.O=C(O)C(F)(F)F. The Kier molecular flexibility index (Phi) is 6.90. The van der Waals surface area contributed by atoms with Gasteiger partial charge in [-0.3, -0.25) is 4.79 Å². The van der Waals surface area contributed by atoms with Crippen LogP contribution in [-0.2, 0) is 16.0 Å². The number of halogens is 3. The first-order valence-corrected chi connectivity index (χ1v) is 9.68. The van der Waals surface area contributed by atoms with Gasteiger partial charge in [0.25, 0.3) is 0 Å². The fraction of sp³-hybridized carbons (Fsp3) is 0.227. The number of anilines is 2. The van der Waals surface area contributed by atoms with E-state index < -0.39 is 12.1 Å². The van der Waals surface area contributed by atoms with Crippen LogP contribution < -0.4 is 15.8 Å². The highest BCUT2D eigenvalue weighted by Gasteiger charge is 2.38. The maximum Gasteiger partial charge on any atom is 0.490 e. The van der Waals surface area contributed by atoms with Crippen LogP contribution in [0.1, 0.15) is 11.1 Å². The number of rotatable bonds is 3. The summed E-state index contributed by atoms with van der Waals surface area (Å²) in [5, 5.41) is 13.8. The molecule has 33 heavy (non-hydrogen) atoms. The van der Waals surface area contributed by atoms with Crippen molar-refractivity contribution in [3.05, 3.63) is 59.8 Å². The summed E-state index contributed by atoms with van der Waals surface area (Å²) in [5.41, 5.74) is 10.3. The summed E-state index contributed by atoms with van der Waals surface area (Å²) < 4.78 is 42.3. The average molecular weight is 463 g/mol. The first-order chi connectivity index (χ1) is 15.5. The van der Waals surface area contributed by atoms with Gasteiger partial charge >= 0.3 is 12.1 Å². The van der Waals surface area contributed by atoms with Crippen LogP contribution in [0.15, 0.2) is 53.2 Å². The molecule has 0 saturated carbocycles. The van der Waals surface area contributed by atoms with Crippen molar-refractivity contribution in [2.45, 2.75) is 19.5 Å². The number of aryl methyl sites for hydroxylation is 1. The van der Waals surface area contributed by atoms with Gasteiger partial charge in [-0.15, -0.1) is 0 Å². The summed E-state index contributed by atoms with van der Waals surface area (Å²) in [6.45, 7) is 2.42. The molecule has 4 N–H and O–H groups in total. The summed E-state index contributed by atoms with van der Waals surface area (Å²) in [6.07, 6.45) is -2.83. The molecule has 174 valence electrons. The molecule has 2 heterocycles. The number of nitrogens with two attached hydrogens (primary N) is 1. The minimum absolute atomic E-state index is 0.0469. The fourth-order valence-electron chi connectivity index (χ4n) is 3.13. The van der Waals surface area contributed by atoms with Gasteiger partial charge in [0.15, 0.2) is 0 Å². The van der Waals surface area contributed by atoms with Crippen molar-refractivity contribution < 1.29 is 37.1 Å². The van der Waals surface area contributed by atoms with Crippen LogP contribution in [0.25, 0.3) is 11.1 Å². The third kappa shape index (κ3) is 6.03. The second kappa shape index (κ2) is 9.63. The molecule has 1 aromatic heterocycles. The molecule has 2 aromatic carbocycles. The predicted molar refractivity (Wildman–Crippen MR) is 113 cm³/mol. The van der Waals surface area contributed by atoms with E-state index in [9.17, 15) is 18.0 Å². The summed E-state index contributed by atoms with van der Waals surface area (Å²) >= 11 is 0. The molecule has 0 aliphatic carbocycles. The van der Waals surface area contributed by atoms with E-state index in [1.165, 1.54) is 0 Å². The van der Waals surface area contributed by atoms with Crippen molar-refractivity contribution in [2.75, 3.05) is 17.7 Å². The highest BCUT2D eigenvalue weighted by molar-refractivity contribution is 5.93. The third-order valence-corrected chi connectivity index (χ3v) is 4.80. The van der Waals surface area contributed by atoms with E-state index in [-0.39, 0.29) is 17.7 Å². The van der Waals surface area contributed by atoms with E-state index in [4.69, 9.17) is 24.9 Å². The van der Waals surface area contributed by atoms with E-state index >= 15 is 0 Å². The molecule has 0 saturated heterocycles. The van der Waals surface area contributed by atoms with Crippen LogP contribution in [-0.4, -0.2) is 34.9 Å². The Balaban J connectivity index is 0.000000383. The number of aromatic nitrogens is 1. The summed E-state index contributed by atoms with van der Waals surface area (Å²) in [7, 11) is 0. The number of ether oxygens (including phenoxy) is 1. The second-order valence-corrected chi connectivity index (χ2v) is 7.30. The van der Waals surface area contributed by atoms with E-state index in [0.717, 1.165) is 33.7 Å². The first kappa shape index (κ1) is 23.6. The van der Waals surface area contributed by atoms with Crippen LogP contribution in [0, 0.1) is 12.8 Å². The summed E-state index contributed by atoms with van der Waals surface area (Å²) in [6, 6.07) is 13.5. The average Bonchev–Trinajstić information content (AvgIpc) is 3.19. The lowest BCUT2D eigenvalue weighted by Gasteiger charge is -2.25. The number of aliphatic carboxylic acids is 1. The number of fused-ring (bicyclic) bond motifs is 1. The van der Waals surface area contributed by atoms with Crippen LogP contribution in [0.4, 0.5) is 24.7 Å². The number of carboxylic acids is 1. The molecular formula is C22H20F3N3O5. The largest absolute Gasteiger partial charge is 0.492 e. The van der Waals surface area contributed by atoms with Gasteiger partial charge in [-0.25, -0.2) is 4.79 Å². The molecular weight excluding hydrogens is 443 g/mol. The summed E-state index contributed by atoms with van der Waals surface area (Å²) in [4.78, 5) is 21.5. The van der Waals surface area contributed by atoms with E-state index in [1.807, 2.05) is 43.3 Å². The Morgan fingerprint density at radius 1 is 1.18 bits per heavy atom. The lowest BCUT2D eigenvalue weighted by atomic mass is 9.94. The molecule has 1 atom stereocenters.